The maximum absolute atomic E-state index is 11.1. The van der Waals surface area contributed by atoms with Crippen LogP contribution in [0.1, 0.15) is 34.8 Å². The molecule has 1 aliphatic rings. The zero-order chi connectivity index (χ0) is 14.8. The van der Waals surface area contributed by atoms with E-state index in [0.717, 1.165) is 11.1 Å². The molecule has 2 unspecified atom stereocenters. The van der Waals surface area contributed by atoms with Gasteiger partial charge >= 0.3 is 0 Å². The van der Waals surface area contributed by atoms with Gasteiger partial charge in [0.1, 0.15) is 5.60 Å². The van der Waals surface area contributed by atoms with E-state index in [9.17, 15) is 9.90 Å². The summed E-state index contributed by atoms with van der Waals surface area (Å²) in [4.78, 5) is 11.1. The molecule has 1 heterocycles. The van der Waals surface area contributed by atoms with Crippen LogP contribution in [0, 0.1) is 6.92 Å². The third-order valence-electron chi connectivity index (χ3n) is 4.03. The van der Waals surface area contributed by atoms with Gasteiger partial charge in [0.15, 0.2) is 0 Å². The van der Waals surface area contributed by atoms with Crippen molar-refractivity contribution >= 4 is 5.91 Å². The molecular formula is C15H22N2O3. The van der Waals surface area contributed by atoms with Gasteiger partial charge in [0.2, 0.25) is 5.91 Å². The quantitative estimate of drug-likeness (QED) is 0.741. The fraction of sp³-hybridized carbons (Fsp3) is 0.533. The number of carbonyl (C=O) groups is 1. The lowest BCUT2D eigenvalue weighted by Gasteiger charge is -2.26. The Labute approximate surface area is 119 Å². The van der Waals surface area contributed by atoms with E-state index in [2.05, 4.69) is 5.32 Å². The van der Waals surface area contributed by atoms with Crippen LogP contribution in [0.25, 0.3) is 0 Å². The molecule has 1 fully saturated rings. The molecule has 5 heteroatoms. The summed E-state index contributed by atoms with van der Waals surface area (Å²) in [5.41, 5.74) is 7.07. The SMILES string of the molecule is Cc1cc(C(N)=O)ccc1CNCC1(O)CCOC1C. The van der Waals surface area contributed by atoms with Crippen LogP contribution in [-0.4, -0.2) is 35.9 Å². The number of primary amides is 1. The fourth-order valence-corrected chi connectivity index (χ4v) is 2.46. The second-order valence-electron chi connectivity index (χ2n) is 5.48. The van der Waals surface area contributed by atoms with E-state index in [0.29, 0.717) is 31.7 Å². The summed E-state index contributed by atoms with van der Waals surface area (Å²) in [7, 11) is 0. The molecule has 0 aliphatic carbocycles. The Morgan fingerprint density at radius 1 is 1.60 bits per heavy atom. The molecule has 0 saturated carbocycles. The minimum absolute atomic E-state index is 0.145. The summed E-state index contributed by atoms with van der Waals surface area (Å²) in [6.07, 6.45) is 0.508. The van der Waals surface area contributed by atoms with Crippen LogP contribution in [-0.2, 0) is 11.3 Å². The van der Waals surface area contributed by atoms with Crippen molar-refractivity contribution in [3.05, 3.63) is 34.9 Å². The number of nitrogens with one attached hydrogen (secondary N) is 1. The number of ether oxygens (including phenoxy) is 1. The largest absolute Gasteiger partial charge is 0.386 e. The summed E-state index contributed by atoms with van der Waals surface area (Å²) < 4.78 is 5.40. The lowest BCUT2D eigenvalue weighted by atomic mass is 9.96. The van der Waals surface area contributed by atoms with Gasteiger partial charge in [-0.25, -0.2) is 0 Å². The number of benzene rings is 1. The summed E-state index contributed by atoms with van der Waals surface area (Å²) in [6.45, 7) is 5.57. The Morgan fingerprint density at radius 3 is 2.90 bits per heavy atom. The Bertz CT molecular complexity index is 504. The minimum Gasteiger partial charge on any atom is -0.386 e. The number of aliphatic hydroxyl groups is 1. The minimum atomic E-state index is -0.791. The van der Waals surface area contributed by atoms with Crippen molar-refractivity contribution < 1.29 is 14.6 Å². The molecule has 1 aromatic rings. The Kier molecular flexibility index (Phi) is 4.42. The van der Waals surface area contributed by atoms with Crippen molar-refractivity contribution in [3.8, 4) is 0 Å². The molecule has 0 bridgehead atoms. The molecule has 1 aromatic carbocycles. The number of hydrogen-bond donors (Lipinski definition) is 3. The van der Waals surface area contributed by atoms with Gasteiger partial charge in [-0.3, -0.25) is 4.79 Å². The standard InChI is InChI=1S/C15H22N2O3/c1-10-7-12(14(16)18)3-4-13(10)8-17-9-15(19)5-6-20-11(15)2/h3-4,7,11,17,19H,5-6,8-9H2,1-2H3,(H2,16,18). The molecule has 20 heavy (non-hydrogen) atoms. The Morgan fingerprint density at radius 2 is 2.35 bits per heavy atom. The first kappa shape index (κ1) is 15.0. The van der Waals surface area contributed by atoms with E-state index in [1.54, 1.807) is 12.1 Å². The van der Waals surface area contributed by atoms with Crippen LogP contribution in [0.15, 0.2) is 18.2 Å². The fourth-order valence-electron chi connectivity index (χ4n) is 2.46. The maximum atomic E-state index is 11.1. The summed E-state index contributed by atoms with van der Waals surface area (Å²) in [5.74, 6) is -0.418. The number of rotatable bonds is 5. The van der Waals surface area contributed by atoms with Crippen molar-refractivity contribution in [2.24, 2.45) is 5.73 Å². The second-order valence-corrected chi connectivity index (χ2v) is 5.48. The van der Waals surface area contributed by atoms with E-state index >= 15 is 0 Å². The first-order valence-corrected chi connectivity index (χ1v) is 6.86. The van der Waals surface area contributed by atoms with Crippen molar-refractivity contribution in [1.82, 2.24) is 5.32 Å². The summed E-state index contributed by atoms with van der Waals surface area (Å²) >= 11 is 0. The van der Waals surface area contributed by atoms with E-state index in [-0.39, 0.29) is 6.10 Å². The first-order chi connectivity index (χ1) is 9.42. The first-order valence-electron chi connectivity index (χ1n) is 6.86. The molecule has 2 rings (SSSR count). The number of carbonyl (C=O) groups excluding carboxylic acids is 1. The van der Waals surface area contributed by atoms with Crippen molar-refractivity contribution in [2.75, 3.05) is 13.2 Å². The highest BCUT2D eigenvalue weighted by molar-refractivity contribution is 5.93. The van der Waals surface area contributed by atoms with Crippen LogP contribution in [0.4, 0.5) is 0 Å². The van der Waals surface area contributed by atoms with Gasteiger partial charge < -0.3 is 20.9 Å². The van der Waals surface area contributed by atoms with Gasteiger partial charge in [0.05, 0.1) is 6.10 Å². The van der Waals surface area contributed by atoms with Gasteiger partial charge in [-0.05, 0) is 37.1 Å². The van der Waals surface area contributed by atoms with E-state index in [1.807, 2.05) is 19.9 Å². The molecule has 2 atom stereocenters. The summed E-state index contributed by atoms with van der Waals surface area (Å²) in [5, 5.41) is 13.6. The van der Waals surface area contributed by atoms with Gasteiger partial charge in [-0.2, -0.15) is 0 Å². The van der Waals surface area contributed by atoms with Crippen LogP contribution < -0.4 is 11.1 Å². The lowest BCUT2D eigenvalue weighted by Crippen LogP contribution is -2.45. The highest BCUT2D eigenvalue weighted by atomic mass is 16.5. The molecule has 0 spiro atoms. The molecule has 110 valence electrons. The average Bonchev–Trinajstić information content (AvgIpc) is 2.71. The predicted octanol–water partition coefficient (Wildman–Crippen LogP) is 0.723. The van der Waals surface area contributed by atoms with Crippen molar-refractivity contribution in [3.63, 3.8) is 0 Å². The second kappa shape index (κ2) is 5.91. The van der Waals surface area contributed by atoms with Gasteiger partial charge in [-0.1, -0.05) is 6.07 Å². The lowest BCUT2D eigenvalue weighted by molar-refractivity contribution is -0.0263. The third kappa shape index (κ3) is 3.17. The molecule has 5 nitrogen and oxygen atoms in total. The zero-order valence-electron chi connectivity index (χ0n) is 12.0. The average molecular weight is 278 g/mol. The van der Waals surface area contributed by atoms with Crippen molar-refractivity contribution in [1.29, 1.82) is 0 Å². The van der Waals surface area contributed by atoms with Gasteiger partial charge in [-0.15, -0.1) is 0 Å². The van der Waals surface area contributed by atoms with Crippen LogP contribution >= 0.6 is 0 Å². The number of aryl methyl sites for hydroxylation is 1. The van der Waals surface area contributed by atoms with Crippen LogP contribution in [0.5, 0.6) is 0 Å². The van der Waals surface area contributed by atoms with Gasteiger partial charge in [0.25, 0.3) is 0 Å². The van der Waals surface area contributed by atoms with E-state index in [4.69, 9.17) is 10.5 Å². The predicted molar refractivity (Wildman–Crippen MR) is 76.4 cm³/mol. The molecule has 1 aliphatic heterocycles. The summed E-state index contributed by atoms with van der Waals surface area (Å²) in [6, 6.07) is 5.40. The third-order valence-corrected chi connectivity index (χ3v) is 4.03. The molecule has 1 saturated heterocycles. The highest BCUT2D eigenvalue weighted by Crippen LogP contribution is 2.24. The maximum Gasteiger partial charge on any atom is 0.248 e. The Balaban J connectivity index is 1.93. The number of amides is 1. The van der Waals surface area contributed by atoms with Crippen molar-refractivity contribution in [2.45, 2.75) is 38.5 Å². The number of hydrogen-bond acceptors (Lipinski definition) is 4. The molecule has 0 radical (unpaired) electrons. The molecular weight excluding hydrogens is 256 g/mol. The van der Waals surface area contributed by atoms with Crippen LogP contribution in [0.2, 0.25) is 0 Å². The smallest absolute Gasteiger partial charge is 0.248 e. The molecule has 1 amide bonds. The zero-order valence-corrected chi connectivity index (χ0v) is 12.0. The van der Waals surface area contributed by atoms with Gasteiger partial charge in [0, 0.05) is 31.7 Å². The topological polar surface area (TPSA) is 84.6 Å². The highest BCUT2D eigenvalue weighted by Gasteiger charge is 2.38. The normalized spacial score (nSPS) is 25.9. The van der Waals surface area contributed by atoms with Crippen LogP contribution in [0.3, 0.4) is 0 Å². The Hall–Kier alpha value is -1.43. The molecule has 0 aromatic heterocycles. The molecule has 4 N–H and O–H groups in total. The number of nitrogens with two attached hydrogens (primary N) is 1. The monoisotopic (exact) mass is 278 g/mol. The van der Waals surface area contributed by atoms with E-state index in [1.165, 1.54) is 0 Å². The van der Waals surface area contributed by atoms with E-state index < -0.39 is 11.5 Å².